The third kappa shape index (κ3) is 4.99. The molecule has 0 amide bonds. The average molecular weight is 445 g/mol. The van der Waals surface area contributed by atoms with Gasteiger partial charge in [0.2, 0.25) is 10.0 Å². The molecule has 0 fully saturated rings. The van der Waals surface area contributed by atoms with Crippen LogP contribution in [-0.4, -0.2) is 13.4 Å². The van der Waals surface area contributed by atoms with E-state index in [4.69, 9.17) is 23.2 Å². The Kier molecular flexibility index (Phi) is 6.05. The lowest BCUT2D eigenvalue weighted by Crippen LogP contribution is -2.31. The van der Waals surface area contributed by atoms with Gasteiger partial charge < -0.3 is 0 Å². The fraction of sp³-hybridized carbons (Fsp3) is 0.167. The highest BCUT2D eigenvalue weighted by molar-refractivity contribution is 7.92. The molecule has 0 saturated heterocycles. The first kappa shape index (κ1) is 20.1. The Bertz CT molecular complexity index is 1050. The number of thiazole rings is 1. The molecule has 0 unspecified atom stereocenters. The first-order valence-electron chi connectivity index (χ1n) is 7.85. The summed E-state index contributed by atoms with van der Waals surface area (Å²) >= 11 is 13.3. The highest BCUT2D eigenvalue weighted by Gasteiger charge is 2.24. The summed E-state index contributed by atoms with van der Waals surface area (Å²) in [5.74, 6) is -0.713. The molecule has 0 aliphatic rings. The van der Waals surface area contributed by atoms with Crippen LogP contribution < -0.4 is 4.31 Å². The topological polar surface area (TPSA) is 50.3 Å². The highest BCUT2D eigenvalue weighted by Crippen LogP contribution is 2.27. The van der Waals surface area contributed by atoms with E-state index in [1.165, 1.54) is 46.0 Å². The maximum absolute atomic E-state index is 13.3. The van der Waals surface area contributed by atoms with Gasteiger partial charge in [0.25, 0.3) is 0 Å². The van der Waals surface area contributed by atoms with Crippen molar-refractivity contribution in [3.63, 3.8) is 0 Å². The molecule has 0 spiro atoms. The summed E-state index contributed by atoms with van der Waals surface area (Å²) in [6.07, 6.45) is 0. The van der Waals surface area contributed by atoms with Gasteiger partial charge in [-0.2, -0.15) is 0 Å². The van der Waals surface area contributed by atoms with Crippen LogP contribution in [0.5, 0.6) is 0 Å². The van der Waals surface area contributed by atoms with Gasteiger partial charge in [0.15, 0.2) is 0 Å². The van der Waals surface area contributed by atoms with Crippen LogP contribution in [-0.2, 0) is 22.3 Å². The second-order valence-corrected chi connectivity index (χ2v) is 9.62. The standard InChI is InChI=1S/C18H15Cl2FN2O2S2/c1-12-22-15(10-26-12)9-23(16-5-3-14(21)4-6-16)27(24,25)11-13-2-7-17(19)18(20)8-13/h2-8,10H,9,11H2,1H3. The van der Waals surface area contributed by atoms with Crippen molar-refractivity contribution in [3.05, 3.63) is 80.0 Å². The second-order valence-electron chi connectivity index (χ2n) is 5.85. The number of halogens is 3. The summed E-state index contributed by atoms with van der Waals surface area (Å²) in [5, 5.41) is 3.28. The Balaban J connectivity index is 1.96. The van der Waals surface area contributed by atoms with E-state index in [-0.39, 0.29) is 17.3 Å². The van der Waals surface area contributed by atoms with Crippen LogP contribution in [0.1, 0.15) is 16.3 Å². The van der Waals surface area contributed by atoms with Gasteiger partial charge in [-0.25, -0.2) is 17.8 Å². The Labute approximate surface area is 171 Å². The molecule has 1 heterocycles. The normalized spacial score (nSPS) is 11.6. The average Bonchev–Trinajstić information content (AvgIpc) is 3.02. The fourth-order valence-corrected chi connectivity index (χ4v) is 4.96. The lowest BCUT2D eigenvalue weighted by Gasteiger charge is -2.24. The minimum atomic E-state index is -3.79. The van der Waals surface area contributed by atoms with Gasteiger partial charge in [0, 0.05) is 5.38 Å². The van der Waals surface area contributed by atoms with E-state index in [1.54, 1.807) is 17.5 Å². The molecular weight excluding hydrogens is 430 g/mol. The molecule has 3 rings (SSSR count). The van der Waals surface area contributed by atoms with E-state index in [0.717, 1.165) is 5.01 Å². The molecule has 0 atom stereocenters. The summed E-state index contributed by atoms with van der Waals surface area (Å²) in [6.45, 7) is 1.90. The van der Waals surface area contributed by atoms with Crippen LogP contribution in [0.4, 0.5) is 10.1 Å². The lowest BCUT2D eigenvalue weighted by molar-refractivity contribution is 0.588. The van der Waals surface area contributed by atoms with Gasteiger partial charge in [-0.05, 0) is 48.9 Å². The van der Waals surface area contributed by atoms with Gasteiger partial charge in [-0.1, -0.05) is 29.3 Å². The van der Waals surface area contributed by atoms with Crippen molar-refractivity contribution < 1.29 is 12.8 Å². The number of hydrogen-bond acceptors (Lipinski definition) is 4. The summed E-state index contributed by atoms with van der Waals surface area (Å²) < 4.78 is 40.8. The predicted octanol–water partition coefficient (Wildman–Crippen LogP) is 5.43. The van der Waals surface area contributed by atoms with Crippen LogP contribution in [0.3, 0.4) is 0 Å². The van der Waals surface area contributed by atoms with E-state index in [2.05, 4.69) is 4.98 Å². The monoisotopic (exact) mass is 444 g/mol. The number of benzene rings is 2. The molecule has 0 radical (unpaired) electrons. The highest BCUT2D eigenvalue weighted by atomic mass is 35.5. The van der Waals surface area contributed by atoms with Crippen molar-refractivity contribution in [2.24, 2.45) is 0 Å². The molecule has 0 saturated carbocycles. The molecular formula is C18H15Cl2FN2O2S2. The minimum absolute atomic E-state index is 0.0552. The number of aryl methyl sites for hydroxylation is 1. The number of nitrogens with zero attached hydrogens (tertiary/aromatic N) is 2. The number of aromatic nitrogens is 1. The van der Waals surface area contributed by atoms with Gasteiger partial charge in [-0.3, -0.25) is 4.31 Å². The number of anilines is 1. The molecule has 2 aromatic carbocycles. The molecule has 9 heteroatoms. The Morgan fingerprint density at radius 3 is 2.41 bits per heavy atom. The van der Waals surface area contributed by atoms with Crippen molar-refractivity contribution >= 4 is 50.2 Å². The molecule has 142 valence electrons. The van der Waals surface area contributed by atoms with Gasteiger partial charge in [0.1, 0.15) is 5.82 Å². The number of rotatable bonds is 6. The Hall–Kier alpha value is -1.67. The molecule has 0 N–H and O–H groups in total. The van der Waals surface area contributed by atoms with Crippen LogP contribution in [0, 0.1) is 12.7 Å². The van der Waals surface area contributed by atoms with Crippen molar-refractivity contribution in [1.82, 2.24) is 4.98 Å². The summed E-state index contributed by atoms with van der Waals surface area (Å²) in [4.78, 5) is 4.34. The molecule has 0 aliphatic carbocycles. The Morgan fingerprint density at radius 1 is 1.11 bits per heavy atom. The quantitative estimate of drug-likeness (QED) is 0.508. The third-order valence-electron chi connectivity index (χ3n) is 3.76. The first-order chi connectivity index (χ1) is 12.7. The van der Waals surface area contributed by atoms with Crippen molar-refractivity contribution in [2.45, 2.75) is 19.2 Å². The second kappa shape index (κ2) is 8.14. The Morgan fingerprint density at radius 2 is 1.81 bits per heavy atom. The summed E-state index contributed by atoms with van der Waals surface area (Å²) in [6, 6.07) is 10.0. The van der Waals surface area contributed by atoms with Crippen LogP contribution >= 0.6 is 34.5 Å². The third-order valence-corrected chi connectivity index (χ3v) is 7.03. The van der Waals surface area contributed by atoms with Crippen LogP contribution in [0.15, 0.2) is 47.8 Å². The molecule has 27 heavy (non-hydrogen) atoms. The maximum Gasteiger partial charge on any atom is 0.239 e. The van der Waals surface area contributed by atoms with Gasteiger partial charge in [-0.15, -0.1) is 11.3 Å². The fourth-order valence-electron chi connectivity index (χ4n) is 2.50. The summed E-state index contributed by atoms with van der Waals surface area (Å²) in [5.41, 5.74) is 1.49. The summed E-state index contributed by atoms with van der Waals surface area (Å²) in [7, 11) is -3.79. The number of hydrogen-bond donors (Lipinski definition) is 0. The van der Waals surface area contributed by atoms with E-state index in [0.29, 0.717) is 22.0 Å². The zero-order valence-corrected chi connectivity index (χ0v) is 17.3. The predicted molar refractivity (Wildman–Crippen MR) is 109 cm³/mol. The largest absolute Gasteiger partial charge is 0.264 e. The van der Waals surface area contributed by atoms with E-state index < -0.39 is 15.8 Å². The smallest absolute Gasteiger partial charge is 0.239 e. The zero-order chi connectivity index (χ0) is 19.6. The zero-order valence-electron chi connectivity index (χ0n) is 14.2. The van der Waals surface area contributed by atoms with Crippen LogP contribution in [0.25, 0.3) is 0 Å². The van der Waals surface area contributed by atoms with Crippen molar-refractivity contribution in [1.29, 1.82) is 0 Å². The van der Waals surface area contributed by atoms with Gasteiger partial charge in [0.05, 0.1) is 38.7 Å². The molecule has 4 nitrogen and oxygen atoms in total. The van der Waals surface area contributed by atoms with Crippen LogP contribution in [0.2, 0.25) is 10.0 Å². The number of sulfonamides is 1. The van der Waals surface area contributed by atoms with E-state index in [1.807, 2.05) is 6.92 Å². The van der Waals surface area contributed by atoms with E-state index in [9.17, 15) is 12.8 Å². The molecule has 1 aromatic heterocycles. The molecule has 0 bridgehead atoms. The minimum Gasteiger partial charge on any atom is -0.264 e. The maximum atomic E-state index is 13.3. The first-order valence-corrected chi connectivity index (χ1v) is 11.1. The SMILES string of the molecule is Cc1nc(CN(c2ccc(F)cc2)S(=O)(=O)Cc2ccc(Cl)c(Cl)c2)cs1. The van der Waals surface area contributed by atoms with E-state index >= 15 is 0 Å². The van der Waals surface area contributed by atoms with Gasteiger partial charge >= 0.3 is 0 Å². The van der Waals surface area contributed by atoms with Crippen molar-refractivity contribution in [3.8, 4) is 0 Å². The van der Waals surface area contributed by atoms with Crippen molar-refractivity contribution in [2.75, 3.05) is 4.31 Å². The molecule has 3 aromatic rings. The lowest BCUT2D eigenvalue weighted by atomic mass is 10.2. The molecule has 0 aliphatic heterocycles.